The predicted octanol–water partition coefficient (Wildman–Crippen LogP) is 4.28. The van der Waals surface area contributed by atoms with E-state index in [1.165, 1.54) is 18.3 Å². The van der Waals surface area contributed by atoms with E-state index >= 15 is 0 Å². The number of benzene rings is 2. The van der Waals surface area contributed by atoms with Gasteiger partial charge in [0.15, 0.2) is 5.82 Å². The molecule has 1 N–H and O–H groups in total. The van der Waals surface area contributed by atoms with Crippen LogP contribution < -0.4 is 14.9 Å². The molecule has 0 aliphatic heterocycles. The van der Waals surface area contributed by atoms with E-state index in [1.807, 2.05) is 24.3 Å². The van der Waals surface area contributed by atoms with Crippen molar-refractivity contribution >= 4 is 22.8 Å². The molecular formula is C17H12F4N4O2. The van der Waals surface area contributed by atoms with E-state index in [2.05, 4.69) is 30.2 Å². The van der Waals surface area contributed by atoms with Gasteiger partial charge in [-0.05, 0) is 12.1 Å². The number of fused-ring (bicyclic) bond motifs is 1. The number of nitrogens with zero attached hydrogens (tertiary/aromatic N) is 3. The summed E-state index contributed by atoms with van der Waals surface area (Å²) >= 11 is 0. The number of aromatic nitrogens is 2. The Bertz CT molecular complexity index is 948. The van der Waals surface area contributed by atoms with Crippen LogP contribution in [0, 0.1) is 0 Å². The highest BCUT2D eigenvalue weighted by Crippen LogP contribution is 2.26. The Hall–Kier alpha value is -3.43. The third kappa shape index (κ3) is 4.81. The van der Waals surface area contributed by atoms with Gasteiger partial charge >= 0.3 is 13.2 Å². The van der Waals surface area contributed by atoms with Crippen molar-refractivity contribution in [2.45, 2.75) is 13.2 Å². The zero-order chi connectivity index (χ0) is 19.2. The Kier molecular flexibility index (Phi) is 5.64. The Morgan fingerprint density at radius 3 is 2.56 bits per heavy atom. The van der Waals surface area contributed by atoms with Gasteiger partial charge in [-0.1, -0.05) is 24.3 Å². The lowest BCUT2D eigenvalue weighted by atomic mass is 10.2. The van der Waals surface area contributed by atoms with Crippen molar-refractivity contribution < 1.29 is 27.0 Å². The first kappa shape index (κ1) is 18.4. The van der Waals surface area contributed by atoms with Gasteiger partial charge in [0, 0.05) is 22.4 Å². The molecule has 0 atom stereocenters. The van der Waals surface area contributed by atoms with E-state index in [0.717, 1.165) is 16.8 Å². The van der Waals surface area contributed by atoms with Gasteiger partial charge in [-0.2, -0.15) is 27.8 Å². The molecule has 27 heavy (non-hydrogen) atoms. The van der Waals surface area contributed by atoms with Crippen LogP contribution >= 0.6 is 0 Å². The van der Waals surface area contributed by atoms with E-state index in [-0.39, 0.29) is 17.1 Å². The van der Waals surface area contributed by atoms with Crippen LogP contribution in [0.1, 0.15) is 5.56 Å². The molecule has 0 aliphatic carbocycles. The molecule has 0 spiro atoms. The predicted molar refractivity (Wildman–Crippen MR) is 90.5 cm³/mol. The van der Waals surface area contributed by atoms with Crippen LogP contribution in [0.25, 0.3) is 10.8 Å². The van der Waals surface area contributed by atoms with Crippen molar-refractivity contribution in [3.8, 4) is 11.5 Å². The normalized spacial score (nSPS) is 11.5. The minimum atomic E-state index is -3.14. The van der Waals surface area contributed by atoms with Crippen LogP contribution in [0.4, 0.5) is 23.4 Å². The summed E-state index contributed by atoms with van der Waals surface area (Å²) in [6.45, 7) is -6.23. The second-order valence-electron chi connectivity index (χ2n) is 5.11. The Morgan fingerprint density at radius 1 is 1.00 bits per heavy atom. The summed E-state index contributed by atoms with van der Waals surface area (Å²) in [5.41, 5.74) is 2.79. The summed E-state index contributed by atoms with van der Waals surface area (Å²) in [5.74, 6) is -0.318. The highest BCUT2D eigenvalue weighted by molar-refractivity contribution is 5.91. The number of hydrogen-bond acceptors (Lipinski definition) is 6. The van der Waals surface area contributed by atoms with Crippen LogP contribution in [-0.4, -0.2) is 29.6 Å². The lowest BCUT2D eigenvalue weighted by Crippen LogP contribution is -2.07. The maximum atomic E-state index is 12.6. The van der Waals surface area contributed by atoms with Crippen molar-refractivity contribution in [1.29, 1.82) is 0 Å². The number of alkyl halides is 4. The van der Waals surface area contributed by atoms with Crippen LogP contribution in [0.3, 0.4) is 0 Å². The fraction of sp³-hybridized carbons (Fsp3) is 0.118. The average molecular weight is 380 g/mol. The van der Waals surface area contributed by atoms with E-state index in [4.69, 9.17) is 0 Å². The number of hydrazone groups is 1. The van der Waals surface area contributed by atoms with Crippen LogP contribution in [0.5, 0.6) is 11.5 Å². The van der Waals surface area contributed by atoms with Gasteiger partial charge in [-0.15, -0.1) is 5.10 Å². The van der Waals surface area contributed by atoms with Crippen LogP contribution in [0.15, 0.2) is 53.8 Å². The van der Waals surface area contributed by atoms with Crippen molar-refractivity contribution in [3.05, 3.63) is 54.2 Å². The highest BCUT2D eigenvalue weighted by atomic mass is 19.3. The summed E-state index contributed by atoms with van der Waals surface area (Å²) in [6.07, 6.45) is 2.77. The van der Waals surface area contributed by atoms with E-state index < -0.39 is 13.2 Å². The van der Waals surface area contributed by atoms with Crippen LogP contribution in [-0.2, 0) is 0 Å². The van der Waals surface area contributed by atoms with Crippen molar-refractivity contribution in [2.75, 3.05) is 5.43 Å². The van der Waals surface area contributed by atoms with Crippen LogP contribution in [0.2, 0.25) is 0 Å². The largest absolute Gasteiger partial charge is 0.435 e. The number of ether oxygens (including phenoxy) is 2. The zero-order valence-electron chi connectivity index (χ0n) is 13.5. The Morgan fingerprint density at radius 2 is 1.78 bits per heavy atom. The van der Waals surface area contributed by atoms with Gasteiger partial charge in [0.1, 0.15) is 11.5 Å². The first-order chi connectivity index (χ1) is 13.0. The molecule has 1 aromatic heterocycles. The second-order valence-corrected chi connectivity index (χ2v) is 5.11. The van der Waals surface area contributed by atoms with Crippen molar-refractivity contribution in [1.82, 2.24) is 10.2 Å². The van der Waals surface area contributed by atoms with E-state index in [1.54, 1.807) is 6.20 Å². The minimum Gasteiger partial charge on any atom is -0.435 e. The average Bonchev–Trinajstić information content (AvgIpc) is 2.62. The number of anilines is 1. The Labute approximate surface area is 150 Å². The molecular weight excluding hydrogens is 368 g/mol. The molecule has 0 aliphatic rings. The fourth-order valence-electron chi connectivity index (χ4n) is 2.27. The fourth-order valence-corrected chi connectivity index (χ4v) is 2.27. The zero-order valence-corrected chi connectivity index (χ0v) is 13.5. The Balaban J connectivity index is 1.83. The summed E-state index contributed by atoms with van der Waals surface area (Å²) in [7, 11) is 0. The molecule has 6 nitrogen and oxygen atoms in total. The standard InChI is InChI=1S/C17H12F4N4O2/c18-16(19)26-12-6-5-11(14(7-12)27-17(20)21)9-23-25-15-13-4-2-1-3-10(13)8-22-24-15/h1-9,16-17H,(H,24,25)/b23-9+. The summed E-state index contributed by atoms with van der Waals surface area (Å²) < 4.78 is 58.2. The molecule has 0 saturated heterocycles. The molecule has 0 amide bonds. The van der Waals surface area contributed by atoms with Gasteiger partial charge in [0.2, 0.25) is 0 Å². The maximum absolute atomic E-state index is 12.6. The monoisotopic (exact) mass is 380 g/mol. The molecule has 2 aromatic carbocycles. The maximum Gasteiger partial charge on any atom is 0.387 e. The third-order valence-corrected chi connectivity index (χ3v) is 3.37. The molecule has 0 radical (unpaired) electrons. The first-order valence-corrected chi connectivity index (χ1v) is 7.56. The smallest absolute Gasteiger partial charge is 0.387 e. The van der Waals surface area contributed by atoms with E-state index in [0.29, 0.717) is 5.82 Å². The van der Waals surface area contributed by atoms with Gasteiger partial charge in [0.05, 0.1) is 12.4 Å². The lowest BCUT2D eigenvalue weighted by Gasteiger charge is -2.11. The van der Waals surface area contributed by atoms with Gasteiger partial charge in [0.25, 0.3) is 0 Å². The molecule has 10 heteroatoms. The highest BCUT2D eigenvalue weighted by Gasteiger charge is 2.12. The van der Waals surface area contributed by atoms with E-state index in [9.17, 15) is 17.6 Å². The molecule has 140 valence electrons. The quantitative estimate of drug-likeness (QED) is 0.376. The van der Waals surface area contributed by atoms with Gasteiger partial charge < -0.3 is 9.47 Å². The molecule has 0 unspecified atom stereocenters. The molecule has 0 fully saturated rings. The SMILES string of the molecule is FC(F)Oc1ccc(/C=N/Nc2nncc3ccccc23)c(OC(F)F)c1. The number of halogens is 4. The minimum absolute atomic E-state index is 0.123. The topological polar surface area (TPSA) is 68.6 Å². The molecule has 1 heterocycles. The summed E-state index contributed by atoms with van der Waals surface area (Å²) in [6, 6.07) is 10.7. The molecule has 0 saturated carbocycles. The summed E-state index contributed by atoms with van der Waals surface area (Å²) in [5, 5.41) is 13.3. The molecule has 3 rings (SSSR count). The van der Waals surface area contributed by atoms with Gasteiger partial charge in [-0.25, -0.2) is 0 Å². The number of rotatable bonds is 7. The first-order valence-electron chi connectivity index (χ1n) is 7.56. The molecule has 0 bridgehead atoms. The lowest BCUT2D eigenvalue weighted by molar-refractivity contribution is -0.0543. The van der Waals surface area contributed by atoms with Crippen molar-refractivity contribution in [2.24, 2.45) is 5.10 Å². The second kappa shape index (κ2) is 8.30. The molecule has 3 aromatic rings. The number of hydrogen-bond donors (Lipinski definition) is 1. The summed E-state index contributed by atoms with van der Waals surface area (Å²) in [4.78, 5) is 0. The van der Waals surface area contributed by atoms with Gasteiger partial charge in [-0.3, -0.25) is 5.43 Å². The number of nitrogens with one attached hydrogen (secondary N) is 1. The van der Waals surface area contributed by atoms with Crippen molar-refractivity contribution in [3.63, 3.8) is 0 Å². The third-order valence-electron chi connectivity index (χ3n) is 3.37.